The summed E-state index contributed by atoms with van der Waals surface area (Å²) in [5, 5.41) is 2.44. The Morgan fingerprint density at radius 2 is 1.64 bits per heavy atom. The van der Waals surface area contributed by atoms with Crippen LogP contribution in [0.3, 0.4) is 0 Å². The molecule has 1 N–H and O–H groups in total. The van der Waals surface area contributed by atoms with Crippen LogP contribution in [0.15, 0.2) is 54.6 Å². The molecule has 0 bridgehead atoms. The van der Waals surface area contributed by atoms with E-state index >= 15 is 0 Å². The zero-order chi connectivity index (χ0) is 16.0. The first-order valence-corrected chi connectivity index (χ1v) is 6.62. The van der Waals surface area contributed by atoms with Gasteiger partial charge in [-0.25, -0.2) is 0 Å². The third kappa shape index (κ3) is 5.12. The average molecular weight is 309 g/mol. The van der Waals surface area contributed by atoms with Crippen LogP contribution < -0.4 is 10.1 Å². The molecule has 0 unspecified atom stereocenters. The molecule has 0 spiro atoms. The molecule has 0 saturated heterocycles. The van der Waals surface area contributed by atoms with Gasteiger partial charge in [0, 0.05) is 6.42 Å². The molecule has 22 heavy (non-hydrogen) atoms. The second kappa shape index (κ2) is 6.98. The van der Waals surface area contributed by atoms with Crippen molar-refractivity contribution in [1.29, 1.82) is 0 Å². The molecule has 2 rings (SSSR count). The Kier molecular flexibility index (Phi) is 5.04. The van der Waals surface area contributed by atoms with Gasteiger partial charge in [0.1, 0.15) is 0 Å². The van der Waals surface area contributed by atoms with Gasteiger partial charge in [-0.1, -0.05) is 42.5 Å². The molecule has 3 nitrogen and oxygen atoms in total. The monoisotopic (exact) mass is 309 g/mol. The predicted molar refractivity (Wildman–Crippen MR) is 76.5 cm³/mol. The Balaban J connectivity index is 1.97. The lowest BCUT2D eigenvalue weighted by Crippen LogP contribution is -2.19. The number of hydrogen-bond donors (Lipinski definition) is 1. The standard InChI is InChI=1S/C16H14F3NO2/c17-16(18,19)22-14-9-5-4-8-13(14)20-15(21)11-10-12-6-2-1-3-7-12/h1-9H,10-11H2,(H,20,21). The first kappa shape index (κ1) is 15.9. The van der Waals surface area contributed by atoms with Crippen LogP contribution in [0.5, 0.6) is 5.75 Å². The number of halogens is 3. The van der Waals surface area contributed by atoms with E-state index in [4.69, 9.17) is 0 Å². The minimum absolute atomic E-state index is 0.00196. The van der Waals surface area contributed by atoms with E-state index in [1.54, 1.807) is 0 Å². The quantitative estimate of drug-likeness (QED) is 0.901. The van der Waals surface area contributed by atoms with Gasteiger partial charge in [0.2, 0.25) is 5.91 Å². The lowest BCUT2D eigenvalue weighted by atomic mass is 10.1. The van der Waals surface area contributed by atoms with E-state index in [0.717, 1.165) is 11.6 Å². The maximum atomic E-state index is 12.3. The fourth-order valence-corrected chi connectivity index (χ4v) is 1.90. The lowest BCUT2D eigenvalue weighted by molar-refractivity contribution is -0.274. The third-order valence-electron chi connectivity index (χ3n) is 2.87. The first-order chi connectivity index (χ1) is 10.4. The highest BCUT2D eigenvalue weighted by atomic mass is 19.4. The molecule has 0 aromatic heterocycles. The van der Waals surface area contributed by atoms with Crippen LogP contribution in [-0.4, -0.2) is 12.3 Å². The minimum Gasteiger partial charge on any atom is -0.404 e. The van der Waals surface area contributed by atoms with Gasteiger partial charge < -0.3 is 10.1 Å². The summed E-state index contributed by atoms with van der Waals surface area (Å²) in [7, 11) is 0. The van der Waals surface area contributed by atoms with E-state index < -0.39 is 12.1 Å². The van der Waals surface area contributed by atoms with Crippen LogP contribution in [0.1, 0.15) is 12.0 Å². The molecule has 0 fully saturated rings. The lowest BCUT2D eigenvalue weighted by Gasteiger charge is -2.13. The Labute approximate surface area is 125 Å². The van der Waals surface area contributed by atoms with Crippen molar-refractivity contribution in [2.24, 2.45) is 0 Å². The number of amides is 1. The number of aryl methyl sites for hydroxylation is 1. The van der Waals surface area contributed by atoms with Crippen LogP contribution in [-0.2, 0) is 11.2 Å². The number of nitrogens with one attached hydrogen (secondary N) is 1. The maximum Gasteiger partial charge on any atom is 0.573 e. The van der Waals surface area contributed by atoms with E-state index in [-0.39, 0.29) is 18.0 Å². The number of para-hydroxylation sites is 2. The van der Waals surface area contributed by atoms with Gasteiger partial charge in [-0.15, -0.1) is 13.2 Å². The fraction of sp³-hybridized carbons (Fsp3) is 0.188. The summed E-state index contributed by atoms with van der Waals surface area (Å²) in [5.41, 5.74) is 0.982. The van der Waals surface area contributed by atoms with E-state index in [1.807, 2.05) is 30.3 Å². The van der Waals surface area contributed by atoms with E-state index in [0.29, 0.717) is 6.42 Å². The molecule has 0 atom stereocenters. The molecule has 116 valence electrons. The molecule has 0 radical (unpaired) electrons. The summed E-state index contributed by atoms with van der Waals surface area (Å²) in [4.78, 5) is 11.9. The Hall–Kier alpha value is -2.50. The third-order valence-corrected chi connectivity index (χ3v) is 2.87. The Morgan fingerprint density at radius 3 is 2.32 bits per heavy atom. The van der Waals surface area contributed by atoms with Crippen molar-refractivity contribution < 1.29 is 22.7 Å². The van der Waals surface area contributed by atoms with Crippen molar-refractivity contribution in [3.8, 4) is 5.75 Å². The number of alkyl halides is 3. The number of ether oxygens (including phenoxy) is 1. The van der Waals surface area contributed by atoms with Crippen molar-refractivity contribution in [1.82, 2.24) is 0 Å². The Bertz CT molecular complexity index is 627. The molecule has 6 heteroatoms. The molecule has 0 heterocycles. The number of carbonyl (C=O) groups is 1. The maximum absolute atomic E-state index is 12.3. The molecule has 0 saturated carbocycles. The van der Waals surface area contributed by atoms with E-state index in [2.05, 4.69) is 10.1 Å². The summed E-state index contributed by atoms with van der Waals surface area (Å²) in [6, 6.07) is 14.8. The largest absolute Gasteiger partial charge is 0.573 e. The molecular weight excluding hydrogens is 295 g/mol. The van der Waals surface area contributed by atoms with Gasteiger partial charge in [0.25, 0.3) is 0 Å². The highest BCUT2D eigenvalue weighted by Crippen LogP contribution is 2.29. The number of anilines is 1. The van der Waals surface area contributed by atoms with Crippen LogP contribution in [0.2, 0.25) is 0 Å². The van der Waals surface area contributed by atoms with Gasteiger partial charge in [-0.05, 0) is 24.1 Å². The zero-order valence-electron chi connectivity index (χ0n) is 11.6. The van der Waals surface area contributed by atoms with Gasteiger partial charge in [-0.3, -0.25) is 4.79 Å². The smallest absolute Gasteiger partial charge is 0.404 e. The topological polar surface area (TPSA) is 38.3 Å². The summed E-state index contributed by atoms with van der Waals surface area (Å²) >= 11 is 0. The number of carbonyl (C=O) groups excluding carboxylic acids is 1. The molecule has 2 aromatic rings. The van der Waals surface area contributed by atoms with Crippen LogP contribution in [0, 0.1) is 0 Å². The molecule has 1 amide bonds. The fourth-order valence-electron chi connectivity index (χ4n) is 1.90. The van der Waals surface area contributed by atoms with Crippen LogP contribution >= 0.6 is 0 Å². The van der Waals surface area contributed by atoms with Gasteiger partial charge in [-0.2, -0.15) is 0 Å². The van der Waals surface area contributed by atoms with Gasteiger partial charge in [0.15, 0.2) is 5.75 Å². The second-order valence-electron chi connectivity index (χ2n) is 4.58. The summed E-state index contributed by atoms with van der Waals surface area (Å²) in [5.74, 6) is -0.801. The highest BCUT2D eigenvalue weighted by molar-refractivity contribution is 5.92. The second-order valence-corrected chi connectivity index (χ2v) is 4.58. The average Bonchev–Trinajstić information content (AvgIpc) is 2.47. The van der Waals surface area contributed by atoms with Gasteiger partial charge in [0.05, 0.1) is 5.69 Å². The van der Waals surface area contributed by atoms with E-state index in [9.17, 15) is 18.0 Å². The molecule has 2 aromatic carbocycles. The highest BCUT2D eigenvalue weighted by Gasteiger charge is 2.32. The molecule has 0 aliphatic carbocycles. The molecule has 0 aliphatic rings. The molecular formula is C16H14F3NO2. The van der Waals surface area contributed by atoms with Gasteiger partial charge >= 0.3 is 6.36 Å². The SMILES string of the molecule is O=C(CCc1ccccc1)Nc1ccccc1OC(F)(F)F. The van der Waals surface area contributed by atoms with Crippen LogP contribution in [0.25, 0.3) is 0 Å². The van der Waals surface area contributed by atoms with Crippen LogP contribution in [0.4, 0.5) is 18.9 Å². The Morgan fingerprint density at radius 1 is 1.00 bits per heavy atom. The first-order valence-electron chi connectivity index (χ1n) is 6.62. The van der Waals surface area contributed by atoms with Crippen molar-refractivity contribution >= 4 is 11.6 Å². The van der Waals surface area contributed by atoms with Crippen molar-refractivity contribution in [3.05, 3.63) is 60.2 Å². The van der Waals surface area contributed by atoms with Crippen molar-refractivity contribution in [2.75, 3.05) is 5.32 Å². The number of benzene rings is 2. The zero-order valence-corrected chi connectivity index (χ0v) is 11.6. The van der Waals surface area contributed by atoms with Crippen molar-refractivity contribution in [2.45, 2.75) is 19.2 Å². The number of rotatable bonds is 5. The summed E-state index contributed by atoms with van der Waals surface area (Å²) in [6.45, 7) is 0. The number of hydrogen-bond acceptors (Lipinski definition) is 2. The summed E-state index contributed by atoms with van der Waals surface area (Å²) in [6.07, 6.45) is -4.12. The predicted octanol–water partition coefficient (Wildman–Crippen LogP) is 4.16. The normalized spacial score (nSPS) is 11.0. The minimum atomic E-state index is -4.80. The summed E-state index contributed by atoms with van der Waals surface area (Å²) < 4.78 is 40.8. The van der Waals surface area contributed by atoms with E-state index in [1.165, 1.54) is 18.2 Å². The van der Waals surface area contributed by atoms with Crippen molar-refractivity contribution in [3.63, 3.8) is 0 Å². The molecule has 0 aliphatic heterocycles.